The van der Waals surface area contributed by atoms with E-state index in [1.54, 1.807) is 4.90 Å². The monoisotopic (exact) mass is 302 g/mol. The van der Waals surface area contributed by atoms with E-state index in [-0.39, 0.29) is 23.3 Å². The lowest BCUT2D eigenvalue weighted by molar-refractivity contribution is -0.131. The molecule has 1 heterocycles. The summed E-state index contributed by atoms with van der Waals surface area (Å²) >= 11 is 0. The van der Waals surface area contributed by atoms with Crippen LogP contribution in [0.2, 0.25) is 0 Å². The van der Waals surface area contributed by atoms with E-state index in [4.69, 9.17) is 0 Å². The molecule has 1 fully saturated rings. The maximum absolute atomic E-state index is 12.5. The van der Waals surface area contributed by atoms with Crippen molar-refractivity contribution in [2.24, 2.45) is 5.92 Å². The second-order valence-corrected chi connectivity index (χ2v) is 7.31. The number of para-hydroxylation sites is 1. The van der Waals surface area contributed by atoms with E-state index < -0.39 is 0 Å². The van der Waals surface area contributed by atoms with Gasteiger partial charge < -0.3 is 10.2 Å². The Morgan fingerprint density at radius 2 is 1.91 bits per heavy atom. The van der Waals surface area contributed by atoms with Gasteiger partial charge in [-0.2, -0.15) is 0 Å². The summed E-state index contributed by atoms with van der Waals surface area (Å²) in [5, 5.41) is 3.01. The Labute approximate surface area is 132 Å². The SMILES string of the molecule is CC(C)c1ccccc1NC(=O)C1CC(=O)N(C(C)(C)C)C1. The highest BCUT2D eigenvalue weighted by molar-refractivity contribution is 5.97. The molecule has 1 aliphatic heterocycles. The van der Waals surface area contributed by atoms with Gasteiger partial charge in [-0.05, 0) is 38.3 Å². The highest BCUT2D eigenvalue weighted by Gasteiger charge is 2.39. The van der Waals surface area contributed by atoms with Crippen molar-refractivity contribution in [1.82, 2.24) is 4.90 Å². The number of carbonyl (C=O) groups is 2. The van der Waals surface area contributed by atoms with Crippen molar-refractivity contribution in [2.75, 3.05) is 11.9 Å². The van der Waals surface area contributed by atoms with Crippen LogP contribution in [0, 0.1) is 5.92 Å². The molecule has 1 aliphatic rings. The third-order valence-electron chi connectivity index (χ3n) is 4.15. The van der Waals surface area contributed by atoms with Gasteiger partial charge in [0, 0.05) is 24.2 Å². The van der Waals surface area contributed by atoms with E-state index in [9.17, 15) is 9.59 Å². The first-order valence-electron chi connectivity index (χ1n) is 7.90. The third kappa shape index (κ3) is 3.49. The molecule has 1 atom stereocenters. The van der Waals surface area contributed by atoms with Gasteiger partial charge in [-0.1, -0.05) is 32.0 Å². The van der Waals surface area contributed by atoms with Crippen molar-refractivity contribution in [3.63, 3.8) is 0 Å². The molecule has 0 aromatic heterocycles. The molecular weight excluding hydrogens is 276 g/mol. The van der Waals surface area contributed by atoms with E-state index in [0.29, 0.717) is 18.9 Å². The number of carbonyl (C=O) groups excluding carboxylic acids is 2. The van der Waals surface area contributed by atoms with Crippen LogP contribution in [0.15, 0.2) is 24.3 Å². The van der Waals surface area contributed by atoms with Crippen LogP contribution in [0.25, 0.3) is 0 Å². The molecule has 0 aliphatic carbocycles. The van der Waals surface area contributed by atoms with Crippen LogP contribution in [-0.2, 0) is 9.59 Å². The fraction of sp³-hybridized carbons (Fsp3) is 0.556. The smallest absolute Gasteiger partial charge is 0.229 e. The Kier molecular flexibility index (Phi) is 4.59. The zero-order valence-electron chi connectivity index (χ0n) is 14.1. The van der Waals surface area contributed by atoms with Gasteiger partial charge in [0.1, 0.15) is 0 Å². The second kappa shape index (κ2) is 6.11. The molecule has 2 rings (SSSR count). The lowest BCUT2D eigenvalue weighted by Gasteiger charge is -2.32. The predicted molar refractivity (Wildman–Crippen MR) is 88.7 cm³/mol. The summed E-state index contributed by atoms with van der Waals surface area (Å²) in [4.78, 5) is 26.4. The lowest BCUT2D eigenvalue weighted by atomic mass is 10.0. The van der Waals surface area contributed by atoms with Crippen LogP contribution in [0.4, 0.5) is 5.69 Å². The number of anilines is 1. The molecule has 0 radical (unpaired) electrons. The summed E-state index contributed by atoms with van der Waals surface area (Å²) in [7, 11) is 0. The van der Waals surface area contributed by atoms with Crippen molar-refractivity contribution in [3.8, 4) is 0 Å². The van der Waals surface area contributed by atoms with Gasteiger partial charge >= 0.3 is 0 Å². The maximum atomic E-state index is 12.5. The van der Waals surface area contributed by atoms with Crippen LogP contribution in [-0.4, -0.2) is 28.8 Å². The van der Waals surface area contributed by atoms with Crippen LogP contribution in [0.5, 0.6) is 0 Å². The molecule has 1 saturated heterocycles. The quantitative estimate of drug-likeness (QED) is 0.930. The van der Waals surface area contributed by atoms with Crippen LogP contribution in [0.1, 0.15) is 52.5 Å². The van der Waals surface area contributed by atoms with Gasteiger partial charge in [0.25, 0.3) is 0 Å². The van der Waals surface area contributed by atoms with E-state index in [0.717, 1.165) is 11.3 Å². The summed E-state index contributed by atoms with van der Waals surface area (Å²) < 4.78 is 0. The fourth-order valence-electron chi connectivity index (χ4n) is 2.88. The Bertz CT molecular complexity index is 573. The summed E-state index contributed by atoms with van der Waals surface area (Å²) in [6, 6.07) is 7.85. The number of nitrogens with zero attached hydrogens (tertiary/aromatic N) is 1. The van der Waals surface area contributed by atoms with Gasteiger partial charge in [-0.25, -0.2) is 0 Å². The molecule has 1 aromatic rings. The summed E-state index contributed by atoms with van der Waals surface area (Å²) in [5.74, 6) is 0.0673. The van der Waals surface area contributed by atoms with Crippen molar-refractivity contribution < 1.29 is 9.59 Å². The Morgan fingerprint density at radius 1 is 1.27 bits per heavy atom. The van der Waals surface area contributed by atoms with Crippen LogP contribution >= 0.6 is 0 Å². The van der Waals surface area contributed by atoms with Gasteiger partial charge in [-0.3, -0.25) is 9.59 Å². The highest BCUT2D eigenvalue weighted by Crippen LogP contribution is 2.28. The van der Waals surface area contributed by atoms with E-state index in [1.807, 2.05) is 45.0 Å². The predicted octanol–water partition coefficient (Wildman–Crippen LogP) is 3.40. The molecule has 1 aromatic carbocycles. The standard InChI is InChI=1S/C18H26N2O2/c1-12(2)14-8-6-7-9-15(14)19-17(22)13-10-16(21)20(11-13)18(3,4)5/h6-9,12-13H,10-11H2,1-5H3,(H,19,22). The minimum Gasteiger partial charge on any atom is -0.337 e. The number of hydrogen-bond acceptors (Lipinski definition) is 2. The van der Waals surface area contributed by atoms with Crippen LogP contribution in [0.3, 0.4) is 0 Å². The normalized spacial score (nSPS) is 18.9. The molecule has 2 amide bonds. The molecule has 120 valence electrons. The van der Waals surface area contributed by atoms with Gasteiger partial charge in [-0.15, -0.1) is 0 Å². The number of rotatable bonds is 3. The fourth-order valence-corrected chi connectivity index (χ4v) is 2.88. The second-order valence-electron chi connectivity index (χ2n) is 7.31. The van der Waals surface area contributed by atoms with Crippen molar-refractivity contribution in [2.45, 2.75) is 52.5 Å². The highest BCUT2D eigenvalue weighted by atomic mass is 16.2. The molecule has 22 heavy (non-hydrogen) atoms. The average Bonchev–Trinajstić information content (AvgIpc) is 2.81. The number of amides is 2. The van der Waals surface area contributed by atoms with Crippen molar-refractivity contribution in [3.05, 3.63) is 29.8 Å². The largest absolute Gasteiger partial charge is 0.337 e. The molecule has 0 saturated carbocycles. The minimum atomic E-state index is -0.271. The van der Waals surface area contributed by atoms with Gasteiger partial charge in [0.05, 0.1) is 5.92 Å². The number of likely N-dealkylation sites (tertiary alicyclic amines) is 1. The van der Waals surface area contributed by atoms with Crippen LogP contribution < -0.4 is 5.32 Å². The molecule has 4 nitrogen and oxygen atoms in total. The Morgan fingerprint density at radius 3 is 2.45 bits per heavy atom. The van der Waals surface area contributed by atoms with Gasteiger partial charge in [0.15, 0.2) is 0 Å². The molecule has 1 N–H and O–H groups in total. The molecular formula is C18H26N2O2. The van der Waals surface area contributed by atoms with Crippen molar-refractivity contribution in [1.29, 1.82) is 0 Å². The first-order valence-corrected chi connectivity index (χ1v) is 7.90. The summed E-state index contributed by atoms with van der Waals surface area (Å²) in [6.45, 7) is 10.7. The number of benzene rings is 1. The molecule has 1 unspecified atom stereocenters. The van der Waals surface area contributed by atoms with E-state index >= 15 is 0 Å². The summed E-state index contributed by atoms with van der Waals surface area (Å²) in [5.41, 5.74) is 1.74. The Balaban J connectivity index is 2.10. The average molecular weight is 302 g/mol. The van der Waals surface area contributed by atoms with E-state index in [2.05, 4.69) is 19.2 Å². The maximum Gasteiger partial charge on any atom is 0.229 e. The first kappa shape index (κ1) is 16.5. The summed E-state index contributed by atoms with van der Waals surface area (Å²) in [6.07, 6.45) is 0.299. The third-order valence-corrected chi connectivity index (χ3v) is 4.15. The lowest BCUT2D eigenvalue weighted by Crippen LogP contribution is -2.42. The molecule has 0 bridgehead atoms. The van der Waals surface area contributed by atoms with Crippen molar-refractivity contribution >= 4 is 17.5 Å². The topological polar surface area (TPSA) is 49.4 Å². The molecule has 4 heteroatoms. The molecule has 0 spiro atoms. The number of nitrogens with one attached hydrogen (secondary N) is 1. The zero-order chi connectivity index (χ0) is 16.5. The minimum absolute atomic E-state index is 0.0600. The van der Waals surface area contributed by atoms with E-state index in [1.165, 1.54) is 0 Å². The zero-order valence-corrected chi connectivity index (χ0v) is 14.1. The Hall–Kier alpha value is -1.84. The van der Waals surface area contributed by atoms with Gasteiger partial charge in [0.2, 0.25) is 11.8 Å². The first-order chi connectivity index (χ1) is 10.2. The number of hydrogen-bond donors (Lipinski definition) is 1.